The van der Waals surface area contributed by atoms with Gasteiger partial charge in [-0.3, -0.25) is 10.4 Å². The number of amidine groups is 1. The van der Waals surface area contributed by atoms with Crippen molar-refractivity contribution in [1.82, 2.24) is 10.4 Å². The maximum absolute atomic E-state index is 4.10. The van der Waals surface area contributed by atoms with Gasteiger partial charge >= 0.3 is 0 Å². The molecule has 5 heteroatoms. The summed E-state index contributed by atoms with van der Waals surface area (Å²) in [6.45, 7) is 1.88. The number of azo groups is 1. The highest BCUT2D eigenvalue weighted by Gasteiger charge is 2.08. The fourth-order valence-corrected chi connectivity index (χ4v) is 0.948. The molecule has 1 atom stereocenters. The summed E-state index contributed by atoms with van der Waals surface area (Å²) >= 11 is 0. The molecular formula is C8H9N5. The van der Waals surface area contributed by atoms with Crippen LogP contribution in [-0.4, -0.2) is 17.0 Å². The quantitative estimate of drug-likeness (QED) is 0.695. The van der Waals surface area contributed by atoms with E-state index < -0.39 is 0 Å². The molecule has 0 bridgehead atoms. The van der Waals surface area contributed by atoms with Crippen LogP contribution in [0.1, 0.15) is 12.6 Å². The molecule has 1 N–H and O–H groups in total. The Balaban J connectivity index is 2.25. The van der Waals surface area contributed by atoms with E-state index in [0.29, 0.717) is 5.84 Å². The summed E-state index contributed by atoms with van der Waals surface area (Å²) in [6, 6.07) is 5.58. The van der Waals surface area contributed by atoms with E-state index in [9.17, 15) is 0 Å². The van der Waals surface area contributed by atoms with Crippen LogP contribution in [-0.2, 0) is 0 Å². The molecule has 0 amide bonds. The van der Waals surface area contributed by atoms with Crippen LogP contribution in [0.3, 0.4) is 0 Å². The Hall–Kier alpha value is -1.78. The van der Waals surface area contributed by atoms with E-state index in [2.05, 4.69) is 25.7 Å². The van der Waals surface area contributed by atoms with Crippen molar-refractivity contribution in [3.8, 4) is 0 Å². The van der Waals surface area contributed by atoms with E-state index >= 15 is 0 Å². The van der Waals surface area contributed by atoms with Gasteiger partial charge in [0.2, 0.25) is 5.84 Å². The van der Waals surface area contributed by atoms with Gasteiger partial charge in [0.25, 0.3) is 0 Å². The van der Waals surface area contributed by atoms with E-state index in [1.54, 1.807) is 6.20 Å². The minimum Gasteiger partial charge on any atom is -0.282 e. The molecule has 1 aromatic heterocycles. The average molecular weight is 175 g/mol. The fraction of sp³-hybridized carbons (Fsp3) is 0.250. The second kappa shape index (κ2) is 3.30. The largest absolute Gasteiger partial charge is 0.282 e. The molecule has 1 aliphatic heterocycles. The standard InChI is InChI=1S/C8H9N5/c1-6-10-12-8(13-11-6)7-4-2-3-5-9-7/h2-6,10H,1H3/t6-/m0/s1. The molecule has 0 radical (unpaired) electrons. The Bertz CT molecular complexity index is 343. The number of nitrogens with one attached hydrogen (secondary N) is 1. The number of nitrogens with zero attached hydrogens (tertiary/aromatic N) is 4. The van der Waals surface area contributed by atoms with Crippen molar-refractivity contribution in [1.29, 1.82) is 0 Å². The Morgan fingerprint density at radius 3 is 2.92 bits per heavy atom. The molecule has 13 heavy (non-hydrogen) atoms. The highest BCUT2D eigenvalue weighted by atomic mass is 15.4. The van der Waals surface area contributed by atoms with Gasteiger partial charge in [-0.05, 0) is 19.1 Å². The number of rotatable bonds is 1. The van der Waals surface area contributed by atoms with Crippen molar-refractivity contribution in [2.45, 2.75) is 13.1 Å². The molecular weight excluding hydrogens is 166 g/mol. The second-order valence-corrected chi connectivity index (χ2v) is 2.67. The number of hydrogen-bond acceptors (Lipinski definition) is 5. The minimum atomic E-state index is -0.0486. The third-order valence-corrected chi connectivity index (χ3v) is 1.58. The van der Waals surface area contributed by atoms with E-state index in [-0.39, 0.29) is 6.17 Å². The van der Waals surface area contributed by atoms with Gasteiger partial charge in [-0.1, -0.05) is 6.07 Å². The SMILES string of the molecule is C[C@@H]1N=NC(c2ccccn2)=NN1. The topological polar surface area (TPSA) is 62.0 Å². The molecule has 66 valence electrons. The fourth-order valence-electron chi connectivity index (χ4n) is 0.948. The van der Waals surface area contributed by atoms with E-state index in [0.717, 1.165) is 5.69 Å². The first-order chi connectivity index (χ1) is 6.36. The lowest BCUT2D eigenvalue weighted by Crippen LogP contribution is -2.23. The second-order valence-electron chi connectivity index (χ2n) is 2.67. The molecule has 0 saturated heterocycles. The van der Waals surface area contributed by atoms with Crippen LogP contribution in [0.15, 0.2) is 39.7 Å². The molecule has 0 spiro atoms. The molecule has 0 unspecified atom stereocenters. The zero-order valence-corrected chi connectivity index (χ0v) is 7.18. The first-order valence-electron chi connectivity index (χ1n) is 4.02. The van der Waals surface area contributed by atoms with E-state index in [1.807, 2.05) is 25.1 Å². The van der Waals surface area contributed by atoms with Crippen molar-refractivity contribution >= 4 is 5.84 Å². The monoisotopic (exact) mass is 175 g/mol. The lowest BCUT2D eigenvalue weighted by molar-refractivity contribution is 0.557. The Morgan fingerprint density at radius 2 is 2.31 bits per heavy atom. The lowest BCUT2D eigenvalue weighted by atomic mass is 10.3. The van der Waals surface area contributed by atoms with Crippen LogP contribution in [0, 0.1) is 0 Å². The van der Waals surface area contributed by atoms with Crippen molar-refractivity contribution < 1.29 is 0 Å². The molecule has 0 fully saturated rings. The molecule has 0 saturated carbocycles. The predicted octanol–water partition coefficient (Wildman–Crippen LogP) is 1.14. The Morgan fingerprint density at radius 1 is 1.38 bits per heavy atom. The zero-order valence-electron chi connectivity index (χ0n) is 7.18. The summed E-state index contributed by atoms with van der Waals surface area (Å²) < 4.78 is 0. The number of hydrogen-bond donors (Lipinski definition) is 1. The highest BCUT2D eigenvalue weighted by Crippen LogP contribution is 2.03. The Kier molecular flexibility index (Phi) is 1.99. The molecule has 0 aliphatic carbocycles. The summed E-state index contributed by atoms with van der Waals surface area (Å²) in [5, 5.41) is 11.9. The average Bonchev–Trinajstić information content (AvgIpc) is 2.20. The predicted molar refractivity (Wildman–Crippen MR) is 48.2 cm³/mol. The molecule has 0 aromatic carbocycles. The van der Waals surface area contributed by atoms with Gasteiger partial charge in [-0.15, -0.1) is 5.11 Å². The van der Waals surface area contributed by atoms with Crippen molar-refractivity contribution in [2.75, 3.05) is 0 Å². The number of aromatic nitrogens is 1. The van der Waals surface area contributed by atoms with Gasteiger partial charge in [0.15, 0.2) is 6.17 Å². The van der Waals surface area contributed by atoms with E-state index in [1.165, 1.54) is 0 Å². The van der Waals surface area contributed by atoms with Crippen molar-refractivity contribution in [3.63, 3.8) is 0 Å². The van der Waals surface area contributed by atoms with Crippen LogP contribution in [0.25, 0.3) is 0 Å². The molecule has 2 heterocycles. The van der Waals surface area contributed by atoms with Gasteiger partial charge in [0.1, 0.15) is 5.69 Å². The minimum absolute atomic E-state index is 0.0486. The highest BCUT2D eigenvalue weighted by molar-refractivity contribution is 5.97. The van der Waals surface area contributed by atoms with Crippen LogP contribution in [0.5, 0.6) is 0 Å². The van der Waals surface area contributed by atoms with Crippen LogP contribution in [0.2, 0.25) is 0 Å². The van der Waals surface area contributed by atoms with Crippen LogP contribution >= 0.6 is 0 Å². The maximum Gasteiger partial charge on any atom is 0.218 e. The van der Waals surface area contributed by atoms with Gasteiger partial charge in [-0.25, -0.2) is 0 Å². The van der Waals surface area contributed by atoms with Crippen LogP contribution < -0.4 is 5.43 Å². The molecule has 1 aromatic rings. The normalized spacial score (nSPS) is 20.7. The van der Waals surface area contributed by atoms with Crippen molar-refractivity contribution in [3.05, 3.63) is 30.1 Å². The van der Waals surface area contributed by atoms with Gasteiger partial charge in [0, 0.05) is 6.20 Å². The smallest absolute Gasteiger partial charge is 0.218 e. The summed E-state index contributed by atoms with van der Waals surface area (Å²) in [5.41, 5.74) is 3.55. The summed E-state index contributed by atoms with van der Waals surface area (Å²) in [4.78, 5) is 4.10. The summed E-state index contributed by atoms with van der Waals surface area (Å²) in [5.74, 6) is 0.527. The van der Waals surface area contributed by atoms with Gasteiger partial charge < -0.3 is 0 Å². The number of hydrazone groups is 1. The number of pyridine rings is 1. The van der Waals surface area contributed by atoms with E-state index in [4.69, 9.17) is 0 Å². The van der Waals surface area contributed by atoms with Crippen LogP contribution in [0.4, 0.5) is 0 Å². The summed E-state index contributed by atoms with van der Waals surface area (Å²) in [6.07, 6.45) is 1.65. The zero-order chi connectivity index (χ0) is 9.10. The summed E-state index contributed by atoms with van der Waals surface area (Å²) in [7, 11) is 0. The van der Waals surface area contributed by atoms with Gasteiger partial charge in [-0.2, -0.15) is 10.2 Å². The Labute approximate surface area is 75.6 Å². The lowest BCUT2D eigenvalue weighted by Gasteiger charge is -2.10. The molecule has 5 nitrogen and oxygen atoms in total. The maximum atomic E-state index is 4.10. The molecule has 1 aliphatic rings. The first kappa shape index (κ1) is 7.85. The first-order valence-corrected chi connectivity index (χ1v) is 4.02. The third-order valence-electron chi connectivity index (χ3n) is 1.58. The van der Waals surface area contributed by atoms with Gasteiger partial charge in [0.05, 0.1) is 0 Å². The molecule has 2 rings (SSSR count). The van der Waals surface area contributed by atoms with Crippen molar-refractivity contribution in [2.24, 2.45) is 15.3 Å². The third kappa shape index (κ3) is 1.69.